The summed E-state index contributed by atoms with van der Waals surface area (Å²) in [5.74, 6) is -0.600. The predicted octanol–water partition coefficient (Wildman–Crippen LogP) is 6.43. The van der Waals surface area contributed by atoms with Crippen molar-refractivity contribution in [3.8, 4) is 0 Å². The molecule has 27 heavy (non-hydrogen) atoms. The zero-order valence-corrected chi connectivity index (χ0v) is 18.4. The molecule has 0 radical (unpaired) electrons. The second-order valence-electron chi connectivity index (χ2n) is 7.48. The van der Waals surface area contributed by atoms with Crippen LogP contribution in [0.15, 0.2) is 12.7 Å². The zero-order chi connectivity index (χ0) is 20.4. The monoisotopic (exact) mass is 384 g/mol. The number of hydrogen-bond acceptors (Lipinski definition) is 4. The first kappa shape index (κ1) is 26.1. The SMILES string of the molecule is C=CC(=O)OCCCC(CCCCCCCC)C(C)(OCCC)OCCC. The van der Waals surface area contributed by atoms with Crippen LogP contribution in [0.25, 0.3) is 0 Å². The molecule has 0 fully saturated rings. The molecule has 0 aromatic carbocycles. The van der Waals surface area contributed by atoms with Gasteiger partial charge in [0.25, 0.3) is 0 Å². The summed E-state index contributed by atoms with van der Waals surface area (Å²) in [6, 6.07) is 0. The number of carbonyl (C=O) groups excluding carboxylic acids is 1. The highest BCUT2D eigenvalue weighted by Gasteiger charge is 2.35. The van der Waals surface area contributed by atoms with Gasteiger partial charge in [-0.15, -0.1) is 0 Å². The third-order valence-electron chi connectivity index (χ3n) is 4.94. The van der Waals surface area contributed by atoms with Crippen molar-refractivity contribution < 1.29 is 19.0 Å². The molecule has 0 aromatic heterocycles. The highest BCUT2D eigenvalue weighted by atomic mass is 16.7. The molecule has 0 aliphatic rings. The summed E-state index contributed by atoms with van der Waals surface area (Å²) in [5, 5.41) is 0. The molecular weight excluding hydrogens is 340 g/mol. The molecule has 1 unspecified atom stereocenters. The summed E-state index contributed by atoms with van der Waals surface area (Å²) in [6.45, 7) is 13.9. The highest BCUT2D eigenvalue weighted by molar-refractivity contribution is 5.81. The van der Waals surface area contributed by atoms with Gasteiger partial charge in [-0.2, -0.15) is 0 Å². The normalized spacial score (nSPS) is 12.7. The average molecular weight is 385 g/mol. The van der Waals surface area contributed by atoms with E-state index in [0.29, 0.717) is 25.7 Å². The molecule has 160 valence electrons. The molecule has 4 nitrogen and oxygen atoms in total. The van der Waals surface area contributed by atoms with Crippen LogP contribution in [0.1, 0.15) is 98.3 Å². The van der Waals surface area contributed by atoms with Crippen LogP contribution >= 0.6 is 0 Å². The number of unbranched alkanes of at least 4 members (excludes halogenated alkanes) is 5. The van der Waals surface area contributed by atoms with Crippen molar-refractivity contribution in [1.29, 1.82) is 0 Å². The smallest absolute Gasteiger partial charge is 0.330 e. The van der Waals surface area contributed by atoms with E-state index in [4.69, 9.17) is 14.2 Å². The Morgan fingerprint density at radius 2 is 1.41 bits per heavy atom. The lowest BCUT2D eigenvalue weighted by atomic mass is 9.88. The maximum atomic E-state index is 11.2. The summed E-state index contributed by atoms with van der Waals surface area (Å²) in [7, 11) is 0. The van der Waals surface area contributed by atoms with E-state index in [0.717, 1.165) is 32.1 Å². The van der Waals surface area contributed by atoms with Crippen molar-refractivity contribution in [2.75, 3.05) is 19.8 Å². The quantitative estimate of drug-likeness (QED) is 0.111. The third kappa shape index (κ3) is 13.0. The Morgan fingerprint density at radius 1 is 0.852 bits per heavy atom. The van der Waals surface area contributed by atoms with Crippen LogP contribution in [-0.2, 0) is 19.0 Å². The van der Waals surface area contributed by atoms with Crippen LogP contribution in [0, 0.1) is 5.92 Å². The minimum Gasteiger partial charge on any atom is -0.463 e. The molecule has 0 rings (SSSR count). The number of esters is 1. The minimum absolute atomic E-state index is 0.309. The van der Waals surface area contributed by atoms with Gasteiger partial charge in [-0.25, -0.2) is 4.79 Å². The Bertz CT molecular complexity index is 359. The fourth-order valence-electron chi connectivity index (χ4n) is 3.29. The number of ether oxygens (including phenoxy) is 3. The molecule has 0 amide bonds. The van der Waals surface area contributed by atoms with Crippen molar-refractivity contribution >= 4 is 5.97 Å². The van der Waals surface area contributed by atoms with Crippen molar-refractivity contribution in [2.45, 2.75) is 104 Å². The number of rotatable bonds is 19. The average Bonchev–Trinajstić information content (AvgIpc) is 2.68. The number of carbonyl (C=O) groups is 1. The second-order valence-corrected chi connectivity index (χ2v) is 7.48. The topological polar surface area (TPSA) is 44.8 Å². The molecule has 0 aliphatic heterocycles. The fraction of sp³-hybridized carbons (Fsp3) is 0.870. The van der Waals surface area contributed by atoms with Crippen molar-refractivity contribution in [2.24, 2.45) is 5.92 Å². The molecule has 0 saturated heterocycles. The molecule has 0 N–H and O–H groups in total. The summed E-state index contributed by atoms with van der Waals surface area (Å²) in [5.41, 5.74) is 0. The second kappa shape index (κ2) is 17.2. The first-order valence-corrected chi connectivity index (χ1v) is 11.1. The van der Waals surface area contributed by atoms with E-state index in [1.165, 1.54) is 44.6 Å². The Morgan fingerprint density at radius 3 is 1.96 bits per heavy atom. The molecule has 0 heterocycles. The van der Waals surface area contributed by atoms with Gasteiger partial charge in [-0.1, -0.05) is 65.9 Å². The van der Waals surface area contributed by atoms with Crippen molar-refractivity contribution in [3.05, 3.63) is 12.7 Å². The molecule has 0 aliphatic carbocycles. The molecule has 0 bridgehead atoms. The summed E-state index contributed by atoms with van der Waals surface area (Å²) in [6.07, 6.45) is 13.7. The van der Waals surface area contributed by atoms with E-state index in [1.807, 2.05) is 0 Å². The lowest BCUT2D eigenvalue weighted by Crippen LogP contribution is -2.41. The van der Waals surface area contributed by atoms with Gasteiger partial charge in [0, 0.05) is 25.2 Å². The van der Waals surface area contributed by atoms with E-state index >= 15 is 0 Å². The van der Waals surface area contributed by atoms with Crippen LogP contribution in [-0.4, -0.2) is 31.6 Å². The van der Waals surface area contributed by atoms with Gasteiger partial charge in [-0.3, -0.25) is 0 Å². The maximum absolute atomic E-state index is 11.2. The van der Waals surface area contributed by atoms with Gasteiger partial charge in [0.2, 0.25) is 0 Å². The minimum atomic E-state index is -0.558. The lowest BCUT2D eigenvalue weighted by molar-refractivity contribution is -0.259. The van der Waals surface area contributed by atoms with E-state index in [9.17, 15) is 4.79 Å². The maximum Gasteiger partial charge on any atom is 0.330 e. The molecule has 4 heteroatoms. The van der Waals surface area contributed by atoms with Crippen LogP contribution in [0.3, 0.4) is 0 Å². The van der Waals surface area contributed by atoms with Gasteiger partial charge < -0.3 is 14.2 Å². The Kier molecular flexibility index (Phi) is 16.7. The van der Waals surface area contributed by atoms with E-state index in [-0.39, 0.29) is 5.97 Å². The zero-order valence-electron chi connectivity index (χ0n) is 18.4. The molecule has 0 aromatic rings. The first-order valence-electron chi connectivity index (χ1n) is 11.1. The molecule has 0 spiro atoms. The van der Waals surface area contributed by atoms with E-state index in [2.05, 4.69) is 34.3 Å². The largest absolute Gasteiger partial charge is 0.463 e. The van der Waals surface area contributed by atoms with Gasteiger partial charge in [-0.05, 0) is 39.0 Å². The summed E-state index contributed by atoms with van der Waals surface area (Å²) in [4.78, 5) is 11.2. The molecule has 0 saturated carbocycles. The summed E-state index contributed by atoms with van der Waals surface area (Å²) >= 11 is 0. The van der Waals surface area contributed by atoms with Gasteiger partial charge >= 0.3 is 5.97 Å². The van der Waals surface area contributed by atoms with Gasteiger partial charge in [0.1, 0.15) is 0 Å². The molecular formula is C23H44O4. The Labute approximate surface area is 168 Å². The third-order valence-corrected chi connectivity index (χ3v) is 4.94. The summed E-state index contributed by atoms with van der Waals surface area (Å²) < 4.78 is 17.5. The van der Waals surface area contributed by atoms with Crippen LogP contribution in [0.4, 0.5) is 0 Å². The Hall–Kier alpha value is -0.870. The fourth-order valence-corrected chi connectivity index (χ4v) is 3.29. The van der Waals surface area contributed by atoms with Gasteiger partial charge in [0.05, 0.1) is 6.61 Å². The Balaban J connectivity index is 4.70. The van der Waals surface area contributed by atoms with E-state index < -0.39 is 5.79 Å². The first-order chi connectivity index (χ1) is 13.0. The number of hydrogen-bond donors (Lipinski definition) is 0. The highest BCUT2D eigenvalue weighted by Crippen LogP contribution is 2.33. The van der Waals surface area contributed by atoms with E-state index in [1.54, 1.807) is 0 Å². The van der Waals surface area contributed by atoms with Crippen LogP contribution < -0.4 is 0 Å². The van der Waals surface area contributed by atoms with Crippen LogP contribution in [0.2, 0.25) is 0 Å². The van der Waals surface area contributed by atoms with Crippen molar-refractivity contribution in [3.63, 3.8) is 0 Å². The van der Waals surface area contributed by atoms with Gasteiger partial charge in [0.15, 0.2) is 5.79 Å². The standard InChI is InChI=1S/C23H44O4/c1-6-10-11-12-13-14-16-21(17-15-20-25-22(24)9-4)23(5,26-18-7-2)27-19-8-3/h9,21H,4,6-8,10-20H2,1-3,5H3. The lowest BCUT2D eigenvalue weighted by Gasteiger charge is -2.38. The molecule has 1 atom stereocenters. The predicted molar refractivity (Wildman–Crippen MR) is 113 cm³/mol. The van der Waals surface area contributed by atoms with Crippen LogP contribution in [0.5, 0.6) is 0 Å². The van der Waals surface area contributed by atoms with Crippen molar-refractivity contribution in [1.82, 2.24) is 0 Å².